The zero-order valence-corrected chi connectivity index (χ0v) is 12.5. The molecular weight excluding hydrogens is 234 g/mol. The van der Waals surface area contributed by atoms with E-state index in [0.29, 0.717) is 6.04 Å². The van der Waals surface area contributed by atoms with Crippen molar-refractivity contribution in [2.75, 3.05) is 18.0 Å². The van der Waals surface area contributed by atoms with Gasteiger partial charge in [0.05, 0.1) is 0 Å². The van der Waals surface area contributed by atoms with E-state index < -0.39 is 0 Å². The molecule has 0 radical (unpaired) electrons. The molecule has 0 bridgehead atoms. The summed E-state index contributed by atoms with van der Waals surface area (Å²) in [7, 11) is 0. The third-order valence-corrected chi connectivity index (χ3v) is 3.64. The summed E-state index contributed by atoms with van der Waals surface area (Å²) in [6.45, 7) is 9.89. The molecule has 1 saturated carbocycles. The largest absolute Gasteiger partial charge is 0.354 e. The Balaban J connectivity index is 2.01. The molecule has 3 heteroatoms. The van der Waals surface area contributed by atoms with E-state index in [1.807, 2.05) is 6.20 Å². The van der Waals surface area contributed by atoms with Crippen LogP contribution in [-0.4, -0.2) is 24.1 Å². The first kappa shape index (κ1) is 14.3. The molecule has 106 valence electrons. The summed E-state index contributed by atoms with van der Waals surface area (Å²) >= 11 is 0. The molecule has 1 N–H and O–H groups in total. The van der Waals surface area contributed by atoms with Crippen LogP contribution in [0.2, 0.25) is 0 Å². The SMILES string of the molecule is CCCNCc1ccnc(N(CC2CC2)C(C)C)c1. The Hall–Kier alpha value is -1.09. The Morgan fingerprint density at radius 3 is 2.84 bits per heavy atom. The van der Waals surface area contributed by atoms with Crippen LogP contribution >= 0.6 is 0 Å². The summed E-state index contributed by atoms with van der Waals surface area (Å²) in [6, 6.07) is 4.87. The lowest BCUT2D eigenvalue weighted by Gasteiger charge is -2.28. The van der Waals surface area contributed by atoms with Gasteiger partial charge in [0.25, 0.3) is 0 Å². The highest BCUT2D eigenvalue weighted by molar-refractivity contribution is 5.42. The van der Waals surface area contributed by atoms with Crippen molar-refractivity contribution in [1.29, 1.82) is 0 Å². The molecule has 0 aliphatic heterocycles. The lowest BCUT2D eigenvalue weighted by Crippen LogP contribution is -2.33. The Bertz CT molecular complexity index is 385. The van der Waals surface area contributed by atoms with Gasteiger partial charge in [-0.25, -0.2) is 4.98 Å². The molecule has 0 saturated heterocycles. The number of aromatic nitrogens is 1. The van der Waals surface area contributed by atoms with Gasteiger partial charge in [-0.2, -0.15) is 0 Å². The first-order valence-corrected chi connectivity index (χ1v) is 7.63. The van der Waals surface area contributed by atoms with Gasteiger partial charge in [-0.1, -0.05) is 6.92 Å². The predicted molar refractivity (Wildman–Crippen MR) is 81.4 cm³/mol. The van der Waals surface area contributed by atoms with E-state index in [4.69, 9.17) is 0 Å². The Kier molecular flexibility index (Phi) is 5.20. The van der Waals surface area contributed by atoms with E-state index in [2.05, 4.69) is 48.1 Å². The van der Waals surface area contributed by atoms with Crippen LogP contribution < -0.4 is 10.2 Å². The second-order valence-electron chi connectivity index (χ2n) is 5.89. The second kappa shape index (κ2) is 6.90. The van der Waals surface area contributed by atoms with Crippen molar-refractivity contribution < 1.29 is 0 Å². The van der Waals surface area contributed by atoms with Crippen molar-refractivity contribution >= 4 is 5.82 Å². The molecule has 0 unspecified atom stereocenters. The zero-order chi connectivity index (χ0) is 13.7. The van der Waals surface area contributed by atoms with Gasteiger partial charge in [-0.3, -0.25) is 0 Å². The number of anilines is 1. The molecule has 0 amide bonds. The average Bonchev–Trinajstić information content (AvgIpc) is 3.20. The van der Waals surface area contributed by atoms with E-state index in [0.717, 1.165) is 31.4 Å². The maximum Gasteiger partial charge on any atom is 0.129 e. The van der Waals surface area contributed by atoms with Crippen LogP contribution in [0.4, 0.5) is 5.82 Å². The molecule has 1 aromatic heterocycles. The van der Waals surface area contributed by atoms with Gasteiger partial charge in [0.2, 0.25) is 0 Å². The maximum atomic E-state index is 4.57. The number of hydrogen-bond donors (Lipinski definition) is 1. The summed E-state index contributed by atoms with van der Waals surface area (Å²) < 4.78 is 0. The number of pyridine rings is 1. The van der Waals surface area contributed by atoms with Crippen molar-refractivity contribution in [1.82, 2.24) is 10.3 Å². The van der Waals surface area contributed by atoms with E-state index >= 15 is 0 Å². The van der Waals surface area contributed by atoms with E-state index in [-0.39, 0.29) is 0 Å². The molecular formula is C16H27N3. The number of nitrogens with one attached hydrogen (secondary N) is 1. The van der Waals surface area contributed by atoms with E-state index in [1.165, 1.54) is 24.8 Å². The number of hydrogen-bond acceptors (Lipinski definition) is 3. The Morgan fingerprint density at radius 1 is 1.42 bits per heavy atom. The molecule has 0 atom stereocenters. The average molecular weight is 261 g/mol. The summed E-state index contributed by atoms with van der Waals surface area (Å²) in [4.78, 5) is 7.01. The Morgan fingerprint density at radius 2 is 2.21 bits per heavy atom. The van der Waals surface area contributed by atoms with Crippen LogP contribution in [0.15, 0.2) is 18.3 Å². The second-order valence-corrected chi connectivity index (χ2v) is 5.89. The minimum Gasteiger partial charge on any atom is -0.354 e. The highest BCUT2D eigenvalue weighted by atomic mass is 15.2. The maximum absolute atomic E-state index is 4.57. The lowest BCUT2D eigenvalue weighted by molar-refractivity contribution is 0.634. The standard InChI is InChI=1S/C16H27N3/c1-4-8-17-11-15-7-9-18-16(10-15)19(13(2)3)12-14-5-6-14/h7,9-10,13-14,17H,4-6,8,11-12H2,1-3H3. The third-order valence-electron chi connectivity index (χ3n) is 3.64. The summed E-state index contributed by atoms with van der Waals surface area (Å²) in [5, 5.41) is 3.45. The quantitative estimate of drug-likeness (QED) is 0.728. The zero-order valence-electron chi connectivity index (χ0n) is 12.5. The topological polar surface area (TPSA) is 28.2 Å². The van der Waals surface area contributed by atoms with Crippen molar-refractivity contribution in [2.45, 2.75) is 52.6 Å². The lowest BCUT2D eigenvalue weighted by atomic mass is 10.2. The van der Waals surface area contributed by atoms with E-state index in [9.17, 15) is 0 Å². The normalized spacial score (nSPS) is 14.9. The number of rotatable bonds is 8. The summed E-state index contributed by atoms with van der Waals surface area (Å²) in [6.07, 6.45) is 5.90. The molecule has 3 nitrogen and oxygen atoms in total. The molecule has 1 fully saturated rings. The molecule has 1 aromatic rings. The fourth-order valence-corrected chi connectivity index (χ4v) is 2.28. The monoisotopic (exact) mass is 261 g/mol. The van der Waals surface area contributed by atoms with Crippen molar-refractivity contribution in [3.63, 3.8) is 0 Å². The summed E-state index contributed by atoms with van der Waals surface area (Å²) in [5.74, 6) is 2.03. The molecule has 0 aromatic carbocycles. The van der Waals surface area contributed by atoms with Gasteiger partial charge < -0.3 is 10.2 Å². The minimum atomic E-state index is 0.520. The van der Waals surface area contributed by atoms with Gasteiger partial charge in [0.1, 0.15) is 5.82 Å². The van der Waals surface area contributed by atoms with E-state index in [1.54, 1.807) is 0 Å². The van der Waals surface area contributed by atoms with Crippen molar-refractivity contribution in [3.8, 4) is 0 Å². The smallest absolute Gasteiger partial charge is 0.129 e. The van der Waals surface area contributed by atoms with Gasteiger partial charge >= 0.3 is 0 Å². The van der Waals surface area contributed by atoms with Crippen molar-refractivity contribution in [3.05, 3.63) is 23.9 Å². The van der Waals surface area contributed by atoms with Crippen LogP contribution in [0.1, 0.15) is 45.6 Å². The highest BCUT2D eigenvalue weighted by Gasteiger charge is 2.26. The first-order valence-electron chi connectivity index (χ1n) is 7.63. The number of nitrogens with zero attached hydrogens (tertiary/aromatic N) is 2. The fourth-order valence-electron chi connectivity index (χ4n) is 2.28. The predicted octanol–water partition coefficient (Wildman–Crippen LogP) is 3.21. The van der Waals surface area contributed by atoms with Crippen LogP contribution in [0.5, 0.6) is 0 Å². The molecule has 1 aliphatic carbocycles. The van der Waals surface area contributed by atoms with Crippen LogP contribution in [-0.2, 0) is 6.54 Å². The van der Waals surface area contributed by atoms with Gasteiger partial charge in [-0.05, 0) is 63.3 Å². The van der Waals surface area contributed by atoms with Crippen LogP contribution in [0.25, 0.3) is 0 Å². The Labute approximate surface area is 117 Å². The van der Waals surface area contributed by atoms with Crippen LogP contribution in [0, 0.1) is 5.92 Å². The van der Waals surface area contributed by atoms with Gasteiger partial charge in [0.15, 0.2) is 0 Å². The third kappa shape index (κ3) is 4.50. The molecule has 2 rings (SSSR count). The van der Waals surface area contributed by atoms with Gasteiger partial charge in [0, 0.05) is 25.3 Å². The van der Waals surface area contributed by atoms with Gasteiger partial charge in [-0.15, -0.1) is 0 Å². The highest BCUT2D eigenvalue weighted by Crippen LogP contribution is 2.31. The van der Waals surface area contributed by atoms with Crippen LogP contribution in [0.3, 0.4) is 0 Å². The minimum absolute atomic E-state index is 0.520. The summed E-state index contributed by atoms with van der Waals surface area (Å²) in [5.41, 5.74) is 1.33. The fraction of sp³-hybridized carbons (Fsp3) is 0.688. The van der Waals surface area contributed by atoms with Crippen molar-refractivity contribution in [2.24, 2.45) is 5.92 Å². The molecule has 1 heterocycles. The molecule has 0 spiro atoms. The first-order chi connectivity index (χ1) is 9.20. The molecule has 19 heavy (non-hydrogen) atoms. The molecule has 1 aliphatic rings.